The van der Waals surface area contributed by atoms with Crippen LogP contribution < -0.4 is 4.90 Å². The Morgan fingerprint density at radius 1 is 0.340 bits per heavy atom. The minimum absolute atomic E-state index is 0.876. The number of benzene rings is 9. The monoisotopic (exact) mass is 693 g/mol. The molecule has 248 valence electrons. The van der Waals surface area contributed by atoms with Crippen molar-refractivity contribution in [1.82, 2.24) is 0 Å². The van der Waals surface area contributed by atoms with Crippen molar-refractivity contribution >= 4 is 92.1 Å². The van der Waals surface area contributed by atoms with Crippen LogP contribution >= 0.6 is 11.3 Å². The predicted octanol–water partition coefficient (Wildman–Crippen LogP) is 15.1. The smallest absolute Gasteiger partial charge is 0.137 e. The minimum atomic E-state index is 0.876. The quantitative estimate of drug-likeness (QED) is 0.178. The van der Waals surface area contributed by atoms with Gasteiger partial charge in [0.25, 0.3) is 0 Å². The van der Waals surface area contributed by atoms with E-state index in [2.05, 4.69) is 181 Å². The van der Waals surface area contributed by atoms with E-state index in [1.807, 2.05) is 23.5 Å². The van der Waals surface area contributed by atoms with Crippen LogP contribution in [0.1, 0.15) is 0 Å². The number of hydrogen-bond donors (Lipinski definition) is 0. The number of anilines is 3. The molecule has 0 fully saturated rings. The van der Waals surface area contributed by atoms with Crippen LogP contribution in [0.4, 0.5) is 17.1 Å². The van der Waals surface area contributed by atoms with Crippen molar-refractivity contribution in [1.29, 1.82) is 0 Å². The molecule has 2 aromatic heterocycles. The van der Waals surface area contributed by atoms with Crippen LogP contribution in [0.25, 0.3) is 85.9 Å². The van der Waals surface area contributed by atoms with Crippen molar-refractivity contribution in [2.75, 3.05) is 4.90 Å². The van der Waals surface area contributed by atoms with Gasteiger partial charge in [-0.1, -0.05) is 121 Å². The zero-order valence-electron chi connectivity index (χ0n) is 28.7. The standard InChI is InChI=1S/C50H31NOS/c1-2-12-39-32(9-1)10-7-15-40(39)33-19-23-36(24-20-33)51(38-27-28-43-42-13-3-5-17-47(42)52-48(43)30-38)37-25-21-34(22-26-37)41-16-8-11-35-29-50-46(31-45(35)41)44-14-4-6-18-49(44)53-50/h1-31H. The summed E-state index contributed by atoms with van der Waals surface area (Å²) >= 11 is 1.87. The molecule has 0 N–H and O–H groups in total. The highest BCUT2D eigenvalue weighted by molar-refractivity contribution is 7.25. The van der Waals surface area contributed by atoms with Gasteiger partial charge in [0.15, 0.2) is 0 Å². The summed E-state index contributed by atoms with van der Waals surface area (Å²) in [7, 11) is 0. The molecule has 0 aliphatic heterocycles. The number of hydrogen-bond acceptors (Lipinski definition) is 3. The van der Waals surface area contributed by atoms with Gasteiger partial charge >= 0.3 is 0 Å². The topological polar surface area (TPSA) is 16.4 Å². The van der Waals surface area contributed by atoms with E-state index < -0.39 is 0 Å². The fourth-order valence-corrected chi connectivity index (χ4v) is 9.24. The fraction of sp³-hybridized carbons (Fsp3) is 0. The molecule has 0 aliphatic carbocycles. The second kappa shape index (κ2) is 11.9. The summed E-state index contributed by atoms with van der Waals surface area (Å²) in [5, 5.41) is 9.93. The molecular formula is C50H31NOS. The molecule has 3 heteroatoms. The van der Waals surface area contributed by atoms with Gasteiger partial charge in [-0.2, -0.15) is 0 Å². The fourth-order valence-electron chi connectivity index (χ4n) is 8.11. The maximum Gasteiger partial charge on any atom is 0.137 e. The Hall–Kier alpha value is -6.68. The minimum Gasteiger partial charge on any atom is -0.456 e. The maximum absolute atomic E-state index is 6.38. The Labute approximate surface area is 310 Å². The highest BCUT2D eigenvalue weighted by Gasteiger charge is 2.17. The van der Waals surface area contributed by atoms with Gasteiger partial charge in [-0.15, -0.1) is 11.3 Å². The van der Waals surface area contributed by atoms with Crippen LogP contribution in [0.5, 0.6) is 0 Å². The normalized spacial score (nSPS) is 11.8. The highest BCUT2D eigenvalue weighted by atomic mass is 32.1. The largest absolute Gasteiger partial charge is 0.456 e. The third-order valence-electron chi connectivity index (χ3n) is 10.7. The van der Waals surface area contributed by atoms with Gasteiger partial charge in [-0.25, -0.2) is 0 Å². The van der Waals surface area contributed by atoms with Crippen molar-refractivity contribution < 1.29 is 4.42 Å². The Morgan fingerprint density at radius 3 is 1.70 bits per heavy atom. The lowest BCUT2D eigenvalue weighted by atomic mass is 9.96. The molecule has 9 aromatic carbocycles. The second-order valence-electron chi connectivity index (χ2n) is 13.7. The van der Waals surface area contributed by atoms with E-state index in [-0.39, 0.29) is 0 Å². The summed E-state index contributed by atoms with van der Waals surface area (Å²) in [5.41, 5.74) is 9.83. The molecule has 2 nitrogen and oxygen atoms in total. The van der Waals surface area contributed by atoms with E-state index in [1.165, 1.54) is 64.0 Å². The van der Waals surface area contributed by atoms with E-state index in [1.54, 1.807) is 0 Å². The lowest BCUT2D eigenvalue weighted by molar-refractivity contribution is 0.669. The van der Waals surface area contributed by atoms with Crippen molar-refractivity contribution in [3.05, 3.63) is 188 Å². The Kier molecular flexibility index (Phi) is 6.76. The summed E-state index contributed by atoms with van der Waals surface area (Å²) in [6, 6.07) is 68.0. The first-order valence-corrected chi connectivity index (χ1v) is 18.8. The van der Waals surface area contributed by atoms with Gasteiger partial charge in [-0.05, 0) is 104 Å². The van der Waals surface area contributed by atoms with Gasteiger partial charge in [-0.3, -0.25) is 0 Å². The highest BCUT2D eigenvalue weighted by Crippen LogP contribution is 2.42. The molecule has 11 rings (SSSR count). The van der Waals surface area contributed by atoms with Crippen LogP contribution in [0, 0.1) is 0 Å². The van der Waals surface area contributed by atoms with Crippen LogP contribution in [-0.4, -0.2) is 0 Å². The Balaban J connectivity index is 1.03. The third-order valence-corrected chi connectivity index (χ3v) is 11.8. The SMILES string of the molecule is c1ccc2c(-c3ccc(N(c4ccc(-c5cccc6cc7sc8ccccc8c7cc56)cc4)c4ccc5c(c4)oc4ccccc45)cc3)cccc2c1. The van der Waals surface area contributed by atoms with Gasteiger partial charge in [0.1, 0.15) is 11.2 Å². The zero-order valence-corrected chi connectivity index (χ0v) is 29.5. The molecule has 0 aliphatic rings. The maximum atomic E-state index is 6.38. The van der Waals surface area contributed by atoms with Crippen LogP contribution in [0.2, 0.25) is 0 Å². The zero-order chi connectivity index (χ0) is 34.9. The number of fused-ring (bicyclic) bond motifs is 8. The number of para-hydroxylation sites is 1. The summed E-state index contributed by atoms with van der Waals surface area (Å²) in [6.07, 6.45) is 0. The molecule has 11 aromatic rings. The van der Waals surface area contributed by atoms with E-state index >= 15 is 0 Å². The van der Waals surface area contributed by atoms with Crippen molar-refractivity contribution in [3.8, 4) is 22.3 Å². The van der Waals surface area contributed by atoms with Gasteiger partial charge in [0.2, 0.25) is 0 Å². The number of thiophene rings is 1. The summed E-state index contributed by atoms with van der Waals surface area (Å²) in [4.78, 5) is 2.33. The molecule has 0 bridgehead atoms. The summed E-state index contributed by atoms with van der Waals surface area (Å²) in [6.45, 7) is 0. The van der Waals surface area contributed by atoms with Crippen LogP contribution in [-0.2, 0) is 0 Å². The molecule has 0 saturated carbocycles. The van der Waals surface area contributed by atoms with Gasteiger partial charge < -0.3 is 9.32 Å². The third kappa shape index (κ3) is 4.93. The Morgan fingerprint density at radius 2 is 0.925 bits per heavy atom. The first-order valence-electron chi connectivity index (χ1n) is 18.0. The first-order chi connectivity index (χ1) is 26.2. The van der Waals surface area contributed by atoms with Gasteiger partial charge in [0.05, 0.1) is 0 Å². The molecule has 0 radical (unpaired) electrons. The molecule has 53 heavy (non-hydrogen) atoms. The molecule has 0 atom stereocenters. The number of furan rings is 1. The number of nitrogens with zero attached hydrogens (tertiary/aromatic N) is 1. The molecule has 0 amide bonds. The lowest BCUT2D eigenvalue weighted by Gasteiger charge is -2.26. The number of rotatable bonds is 5. The summed E-state index contributed by atoms with van der Waals surface area (Å²) < 4.78 is 9.03. The summed E-state index contributed by atoms with van der Waals surface area (Å²) in [5.74, 6) is 0. The molecule has 0 saturated heterocycles. The predicted molar refractivity (Wildman–Crippen MR) is 227 cm³/mol. The van der Waals surface area contributed by atoms with E-state index in [0.717, 1.165) is 39.0 Å². The van der Waals surface area contributed by atoms with E-state index in [9.17, 15) is 0 Å². The Bertz CT molecular complexity index is 3160. The van der Waals surface area contributed by atoms with Crippen molar-refractivity contribution in [2.45, 2.75) is 0 Å². The second-order valence-corrected chi connectivity index (χ2v) is 14.8. The van der Waals surface area contributed by atoms with Crippen LogP contribution in [0.3, 0.4) is 0 Å². The van der Waals surface area contributed by atoms with E-state index in [4.69, 9.17) is 4.42 Å². The van der Waals surface area contributed by atoms with Crippen molar-refractivity contribution in [2.24, 2.45) is 0 Å². The first kappa shape index (κ1) is 30.0. The lowest BCUT2D eigenvalue weighted by Crippen LogP contribution is -2.09. The van der Waals surface area contributed by atoms with E-state index in [0.29, 0.717) is 0 Å². The molecular weight excluding hydrogens is 663 g/mol. The average Bonchev–Trinajstić information content (AvgIpc) is 3.78. The molecule has 2 heterocycles. The van der Waals surface area contributed by atoms with Crippen LogP contribution in [0.15, 0.2) is 192 Å². The average molecular weight is 694 g/mol. The molecule has 0 spiro atoms. The van der Waals surface area contributed by atoms with Crippen molar-refractivity contribution in [3.63, 3.8) is 0 Å². The van der Waals surface area contributed by atoms with Gasteiger partial charge in [0, 0.05) is 54.1 Å². The molecule has 0 unspecified atom stereocenters.